The number of halogens is 2. The van der Waals surface area contributed by atoms with Crippen molar-refractivity contribution in [2.24, 2.45) is 0 Å². The van der Waals surface area contributed by atoms with Crippen molar-refractivity contribution in [2.45, 2.75) is 31.7 Å². The lowest BCUT2D eigenvalue weighted by Crippen LogP contribution is -2.46. The number of carbonyl (C=O) groups is 2. The Hall–Kier alpha value is -3.97. The van der Waals surface area contributed by atoms with Gasteiger partial charge in [-0.3, -0.25) is 14.2 Å². The number of aromatic nitrogens is 4. The van der Waals surface area contributed by atoms with E-state index < -0.39 is 12.2 Å². The highest BCUT2D eigenvalue weighted by molar-refractivity contribution is 5.88. The molecule has 3 aliphatic heterocycles. The summed E-state index contributed by atoms with van der Waals surface area (Å²) in [4.78, 5) is 42.4. The van der Waals surface area contributed by atoms with Gasteiger partial charge in [0.1, 0.15) is 5.82 Å². The van der Waals surface area contributed by atoms with Crippen molar-refractivity contribution >= 4 is 34.2 Å². The van der Waals surface area contributed by atoms with E-state index in [0.717, 1.165) is 25.0 Å². The van der Waals surface area contributed by atoms with E-state index in [4.69, 9.17) is 14.7 Å². The van der Waals surface area contributed by atoms with Crippen LogP contribution in [0.15, 0.2) is 36.4 Å². The molecule has 0 aliphatic carbocycles. The fraction of sp³-hybridized carbons (Fsp3) is 0.464. The van der Waals surface area contributed by atoms with E-state index in [1.165, 1.54) is 4.57 Å². The minimum absolute atomic E-state index is 0.0525. The van der Waals surface area contributed by atoms with E-state index >= 15 is 0 Å². The number of morpholine rings is 1. The van der Waals surface area contributed by atoms with Crippen LogP contribution < -0.4 is 15.5 Å². The highest BCUT2D eigenvalue weighted by atomic mass is 19.3. The molecule has 2 saturated heterocycles. The van der Waals surface area contributed by atoms with Gasteiger partial charge in [0.25, 0.3) is 6.43 Å². The summed E-state index contributed by atoms with van der Waals surface area (Å²) < 4.78 is 35.1. The number of rotatable bonds is 7. The molecule has 0 bridgehead atoms. The quantitative estimate of drug-likeness (QED) is 0.447. The van der Waals surface area contributed by atoms with Gasteiger partial charge in [-0.1, -0.05) is 18.2 Å². The molecule has 1 atom stereocenters. The fourth-order valence-electron chi connectivity index (χ4n) is 5.48. The van der Waals surface area contributed by atoms with Gasteiger partial charge in [-0.25, -0.2) is 18.7 Å². The summed E-state index contributed by atoms with van der Waals surface area (Å²) in [5.74, 6) is 0.0176. The number of nitrogens with one attached hydrogen (secondary N) is 2. The number of para-hydroxylation sites is 2. The van der Waals surface area contributed by atoms with Crippen molar-refractivity contribution in [3.05, 3.63) is 47.9 Å². The maximum atomic E-state index is 14.1. The van der Waals surface area contributed by atoms with E-state index in [0.29, 0.717) is 68.4 Å². The van der Waals surface area contributed by atoms with Crippen LogP contribution in [0.1, 0.15) is 37.2 Å². The van der Waals surface area contributed by atoms with Crippen molar-refractivity contribution in [2.75, 3.05) is 57.4 Å². The minimum Gasteiger partial charge on any atom is -0.378 e. The Morgan fingerprint density at radius 1 is 1.12 bits per heavy atom. The monoisotopic (exact) mass is 566 g/mol. The number of fused-ring (bicyclic) bond motifs is 1. The van der Waals surface area contributed by atoms with Gasteiger partial charge in [0.05, 0.1) is 42.5 Å². The lowest BCUT2D eigenvalue weighted by Gasteiger charge is -2.29. The normalized spacial score (nSPS) is 19.6. The van der Waals surface area contributed by atoms with Gasteiger partial charge in [0.15, 0.2) is 5.82 Å². The zero-order valence-electron chi connectivity index (χ0n) is 22.6. The van der Waals surface area contributed by atoms with Gasteiger partial charge in [0.2, 0.25) is 17.8 Å². The third kappa shape index (κ3) is 5.77. The maximum Gasteiger partial charge on any atom is 0.296 e. The van der Waals surface area contributed by atoms with Crippen molar-refractivity contribution in [3.8, 4) is 5.95 Å². The largest absolute Gasteiger partial charge is 0.378 e. The van der Waals surface area contributed by atoms with Crippen molar-refractivity contribution in [1.29, 1.82) is 0 Å². The predicted octanol–water partition coefficient (Wildman–Crippen LogP) is 2.07. The number of anilines is 1. The lowest BCUT2D eigenvalue weighted by molar-refractivity contribution is -0.132. The van der Waals surface area contributed by atoms with E-state index in [2.05, 4.69) is 20.5 Å². The molecule has 3 aromatic rings. The van der Waals surface area contributed by atoms with Gasteiger partial charge in [-0.05, 0) is 43.5 Å². The van der Waals surface area contributed by atoms with Gasteiger partial charge < -0.3 is 25.2 Å². The molecule has 216 valence electrons. The number of carbonyl (C=O) groups excluding carboxylic acids is 2. The lowest BCUT2D eigenvalue weighted by atomic mass is 10.0. The van der Waals surface area contributed by atoms with Crippen LogP contribution in [0.2, 0.25) is 0 Å². The zero-order chi connectivity index (χ0) is 28.3. The van der Waals surface area contributed by atoms with Gasteiger partial charge >= 0.3 is 0 Å². The molecule has 2 fully saturated rings. The number of hydrogen-bond acceptors (Lipinski definition) is 8. The minimum atomic E-state index is -2.82. The van der Waals surface area contributed by atoms with Crippen molar-refractivity contribution < 1.29 is 23.1 Å². The summed E-state index contributed by atoms with van der Waals surface area (Å²) in [5.41, 5.74) is 2.44. The van der Waals surface area contributed by atoms with Crippen LogP contribution in [-0.4, -0.2) is 94.8 Å². The van der Waals surface area contributed by atoms with E-state index in [9.17, 15) is 18.4 Å². The Morgan fingerprint density at radius 2 is 1.95 bits per heavy atom. The van der Waals surface area contributed by atoms with Crippen LogP contribution >= 0.6 is 0 Å². The first-order valence-electron chi connectivity index (χ1n) is 13.9. The first kappa shape index (κ1) is 27.2. The number of amides is 2. The van der Waals surface area contributed by atoms with E-state index in [1.807, 2.05) is 12.1 Å². The standard InChI is InChI=1S/C28H32F2N8O3/c29-25(30)26-33-19-4-1-2-6-22(19)38(26)28-34-21(16-23(35-28)36-12-14-41-15-13-36)18-7-10-37(11-8-18)24(39)17-32-27(40)20-5-3-9-31-20/h1-2,4,6-7,16,20,25,31H,3,5,8-15,17H2,(H,32,40). The second kappa shape index (κ2) is 11.9. The molecule has 11 nitrogen and oxygen atoms in total. The van der Waals surface area contributed by atoms with Crippen LogP contribution in [0.4, 0.5) is 14.6 Å². The Bertz CT molecular complexity index is 1460. The summed E-state index contributed by atoms with van der Waals surface area (Å²) in [7, 11) is 0. The molecule has 0 radical (unpaired) electrons. The van der Waals surface area contributed by atoms with Crippen LogP contribution in [-0.2, 0) is 14.3 Å². The zero-order valence-corrected chi connectivity index (χ0v) is 22.6. The Labute approximate surface area is 235 Å². The molecule has 2 N–H and O–H groups in total. The van der Waals surface area contributed by atoms with Crippen LogP contribution in [0.5, 0.6) is 0 Å². The second-order valence-corrected chi connectivity index (χ2v) is 10.3. The van der Waals surface area contributed by atoms with Gasteiger partial charge in [-0.15, -0.1) is 0 Å². The number of imidazole rings is 1. The van der Waals surface area contributed by atoms with Crippen LogP contribution in [0.25, 0.3) is 22.6 Å². The molecular weight excluding hydrogens is 534 g/mol. The van der Waals surface area contributed by atoms with Crippen molar-refractivity contribution in [1.82, 2.24) is 35.1 Å². The third-order valence-electron chi connectivity index (χ3n) is 7.70. The van der Waals surface area contributed by atoms with Crippen molar-refractivity contribution in [3.63, 3.8) is 0 Å². The number of benzene rings is 1. The summed E-state index contributed by atoms with van der Waals surface area (Å²) in [6.07, 6.45) is 1.35. The predicted molar refractivity (Wildman–Crippen MR) is 148 cm³/mol. The average Bonchev–Trinajstić information content (AvgIpc) is 3.69. The maximum absolute atomic E-state index is 14.1. The number of hydrogen-bond donors (Lipinski definition) is 2. The third-order valence-corrected chi connectivity index (χ3v) is 7.70. The molecule has 5 heterocycles. The second-order valence-electron chi connectivity index (χ2n) is 10.3. The molecule has 13 heteroatoms. The highest BCUT2D eigenvalue weighted by Gasteiger charge is 2.27. The molecule has 2 aromatic heterocycles. The van der Waals surface area contributed by atoms with Gasteiger partial charge in [-0.2, -0.15) is 4.98 Å². The molecule has 41 heavy (non-hydrogen) atoms. The molecule has 2 amide bonds. The molecular formula is C28H32F2N8O3. The summed E-state index contributed by atoms with van der Waals surface area (Å²) in [6, 6.07) is 8.57. The van der Waals surface area contributed by atoms with Crippen LogP contribution in [0.3, 0.4) is 0 Å². The molecule has 1 aromatic carbocycles. The Morgan fingerprint density at radius 3 is 2.68 bits per heavy atom. The van der Waals surface area contributed by atoms with E-state index in [1.54, 1.807) is 29.2 Å². The molecule has 0 saturated carbocycles. The number of alkyl halides is 2. The van der Waals surface area contributed by atoms with E-state index in [-0.39, 0.29) is 30.3 Å². The number of nitrogens with zero attached hydrogens (tertiary/aromatic N) is 6. The smallest absolute Gasteiger partial charge is 0.296 e. The summed E-state index contributed by atoms with van der Waals surface area (Å²) in [5, 5.41) is 5.87. The first-order valence-corrected chi connectivity index (χ1v) is 13.9. The molecule has 1 unspecified atom stereocenters. The molecule has 3 aliphatic rings. The SMILES string of the molecule is O=C(NCC(=O)N1CC=C(c2cc(N3CCOCC3)nc(-n3c(C(F)F)nc4ccccc43)n2)CC1)C1CCCN1. The summed E-state index contributed by atoms with van der Waals surface area (Å²) >= 11 is 0. The Balaban J connectivity index is 1.27. The number of ether oxygens (including phenoxy) is 1. The fourth-order valence-corrected chi connectivity index (χ4v) is 5.48. The average molecular weight is 567 g/mol. The van der Waals surface area contributed by atoms with Crippen LogP contribution in [0, 0.1) is 0 Å². The molecule has 6 rings (SSSR count). The topological polar surface area (TPSA) is 118 Å². The summed E-state index contributed by atoms with van der Waals surface area (Å²) in [6.45, 7) is 3.87. The first-order chi connectivity index (χ1) is 20.0. The highest BCUT2D eigenvalue weighted by Crippen LogP contribution is 2.30. The Kier molecular flexibility index (Phi) is 7.88. The van der Waals surface area contributed by atoms with Gasteiger partial charge in [0, 0.05) is 32.2 Å². The molecule has 0 spiro atoms.